The number of hydrogen-bond donors (Lipinski definition) is 2. The van der Waals surface area contributed by atoms with Gasteiger partial charge in [0.25, 0.3) is 0 Å². The maximum atomic E-state index is 5.95. The third-order valence-electron chi connectivity index (χ3n) is 4.03. The minimum Gasteiger partial charge on any atom is -0.496 e. The van der Waals surface area contributed by atoms with Crippen LogP contribution in [0.15, 0.2) is 12.1 Å². The van der Waals surface area contributed by atoms with Crippen molar-refractivity contribution in [2.45, 2.75) is 43.7 Å². The van der Waals surface area contributed by atoms with Gasteiger partial charge in [0.2, 0.25) is 0 Å². The Labute approximate surface area is 136 Å². The summed E-state index contributed by atoms with van der Waals surface area (Å²) < 4.78 is 5.64. The number of hydrogen-bond acceptors (Lipinski definition) is 5. The summed E-state index contributed by atoms with van der Waals surface area (Å²) in [6.07, 6.45) is 1.17. The van der Waals surface area contributed by atoms with Crippen LogP contribution < -0.4 is 16.0 Å². The van der Waals surface area contributed by atoms with Crippen LogP contribution in [0.4, 0.5) is 0 Å². The molecule has 1 saturated heterocycles. The Balaban J connectivity index is 2.41. The van der Waals surface area contributed by atoms with Crippen LogP contribution in [0.25, 0.3) is 0 Å². The predicted molar refractivity (Wildman–Crippen MR) is 95.3 cm³/mol. The SMILES string of the molecule is CCC1SCCSC1C(NN)c1c(C)cc(C)cc1OC. The molecule has 0 aromatic heterocycles. The van der Waals surface area contributed by atoms with E-state index in [-0.39, 0.29) is 6.04 Å². The molecule has 1 fully saturated rings. The maximum absolute atomic E-state index is 5.95. The minimum atomic E-state index is 0.128. The summed E-state index contributed by atoms with van der Waals surface area (Å²) in [7, 11) is 1.74. The lowest BCUT2D eigenvalue weighted by molar-refractivity contribution is 0.395. The molecule has 1 aromatic rings. The van der Waals surface area contributed by atoms with Crippen LogP contribution in [0.2, 0.25) is 0 Å². The zero-order valence-corrected chi connectivity index (χ0v) is 14.9. The van der Waals surface area contributed by atoms with Gasteiger partial charge in [0.05, 0.1) is 13.2 Å². The Hall–Kier alpha value is -0.360. The van der Waals surface area contributed by atoms with Crippen molar-refractivity contribution in [2.24, 2.45) is 5.84 Å². The fraction of sp³-hybridized carbons (Fsp3) is 0.625. The zero-order valence-electron chi connectivity index (χ0n) is 13.3. The molecule has 0 bridgehead atoms. The molecule has 0 aliphatic carbocycles. The van der Waals surface area contributed by atoms with Crippen molar-refractivity contribution >= 4 is 23.5 Å². The first-order valence-electron chi connectivity index (χ1n) is 7.46. The maximum Gasteiger partial charge on any atom is 0.124 e. The Morgan fingerprint density at radius 1 is 1.33 bits per heavy atom. The average Bonchev–Trinajstić information content (AvgIpc) is 2.49. The number of methoxy groups -OCH3 is 1. The number of aryl methyl sites for hydroxylation is 2. The fourth-order valence-corrected chi connectivity index (χ4v) is 6.31. The van der Waals surface area contributed by atoms with E-state index in [0.29, 0.717) is 10.5 Å². The quantitative estimate of drug-likeness (QED) is 0.641. The lowest BCUT2D eigenvalue weighted by atomic mass is 9.94. The summed E-state index contributed by atoms with van der Waals surface area (Å²) >= 11 is 4.11. The summed E-state index contributed by atoms with van der Waals surface area (Å²) in [5.74, 6) is 9.33. The third-order valence-corrected chi connectivity index (χ3v) is 7.38. The molecular formula is C16H26N2OS2. The van der Waals surface area contributed by atoms with Gasteiger partial charge < -0.3 is 4.74 Å². The molecule has 3 N–H and O–H groups in total. The van der Waals surface area contributed by atoms with Gasteiger partial charge in [-0.3, -0.25) is 11.3 Å². The molecule has 3 atom stereocenters. The molecular weight excluding hydrogens is 300 g/mol. The number of nitrogens with one attached hydrogen (secondary N) is 1. The van der Waals surface area contributed by atoms with Crippen LogP contribution in [0.5, 0.6) is 5.75 Å². The topological polar surface area (TPSA) is 47.3 Å². The normalized spacial score (nSPS) is 23.9. The van der Waals surface area contributed by atoms with E-state index < -0.39 is 0 Å². The predicted octanol–water partition coefficient (Wildman–Crippen LogP) is 3.44. The Bertz CT molecular complexity index is 482. The zero-order chi connectivity index (χ0) is 15.4. The molecule has 2 rings (SSSR count). The Kier molecular flexibility index (Phi) is 6.29. The lowest BCUT2D eigenvalue weighted by Gasteiger charge is -2.37. The van der Waals surface area contributed by atoms with Gasteiger partial charge in [-0.25, -0.2) is 0 Å². The van der Waals surface area contributed by atoms with Crippen molar-refractivity contribution in [2.75, 3.05) is 18.6 Å². The summed E-state index contributed by atoms with van der Waals surface area (Å²) in [6.45, 7) is 6.52. The van der Waals surface area contributed by atoms with Gasteiger partial charge in [-0.05, 0) is 37.5 Å². The molecule has 21 heavy (non-hydrogen) atoms. The highest BCUT2D eigenvalue weighted by Gasteiger charge is 2.34. The van der Waals surface area contributed by atoms with Crippen molar-refractivity contribution in [3.05, 3.63) is 28.8 Å². The first-order valence-corrected chi connectivity index (χ1v) is 9.56. The lowest BCUT2D eigenvalue weighted by Crippen LogP contribution is -2.42. The van der Waals surface area contributed by atoms with Gasteiger partial charge in [-0.1, -0.05) is 13.0 Å². The number of thioether (sulfide) groups is 2. The van der Waals surface area contributed by atoms with Gasteiger partial charge in [0.15, 0.2) is 0 Å². The monoisotopic (exact) mass is 326 g/mol. The molecule has 1 aliphatic heterocycles. The van der Waals surface area contributed by atoms with Gasteiger partial charge in [-0.2, -0.15) is 23.5 Å². The smallest absolute Gasteiger partial charge is 0.124 e. The van der Waals surface area contributed by atoms with E-state index in [4.69, 9.17) is 10.6 Å². The summed E-state index contributed by atoms with van der Waals surface area (Å²) in [5, 5.41) is 1.12. The standard InChI is InChI=1S/C16H26N2OS2/c1-5-13-16(21-7-6-20-13)15(18-17)14-11(3)8-10(2)9-12(14)19-4/h8-9,13,15-16,18H,5-7,17H2,1-4H3. The van der Waals surface area contributed by atoms with Gasteiger partial charge in [0, 0.05) is 27.6 Å². The summed E-state index contributed by atoms with van der Waals surface area (Å²) in [4.78, 5) is 0. The molecule has 0 amide bonds. The van der Waals surface area contributed by atoms with Crippen molar-refractivity contribution in [1.29, 1.82) is 0 Å². The molecule has 0 spiro atoms. The first-order chi connectivity index (χ1) is 10.1. The van der Waals surface area contributed by atoms with E-state index in [1.54, 1.807) is 7.11 Å². The molecule has 1 aliphatic rings. The number of nitrogens with two attached hydrogens (primary N) is 1. The van der Waals surface area contributed by atoms with Crippen LogP contribution >= 0.6 is 23.5 Å². The van der Waals surface area contributed by atoms with E-state index >= 15 is 0 Å². The van der Waals surface area contributed by atoms with E-state index in [2.05, 4.69) is 50.1 Å². The van der Waals surface area contributed by atoms with Crippen molar-refractivity contribution in [3.8, 4) is 5.75 Å². The Morgan fingerprint density at radius 3 is 2.67 bits per heavy atom. The number of benzene rings is 1. The number of rotatable bonds is 5. The van der Waals surface area contributed by atoms with Crippen LogP contribution in [0.1, 0.15) is 36.1 Å². The van der Waals surface area contributed by atoms with E-state index in [9.17, 15) is 0 Å². The van der Waals surface area contributed by atoms with Crippen molar-refractivity contribution < 1.29 is 4.74 Å². The highest BCUT2D eigenvalue weighted by atomic mass is 32.2. The van der Waals surface area contributed by atoms with Crippen molar-refractivity contribution in [1.82, 2.24) is 5.43 Å². The van der Waals surface area contributed by atoms with E-state index in [1.165, 1.54) is 34.6 Å². The molecule has 0 saturated carbocycles. The second-order valence-corrected chi connectivity index (χ2v) is 8.13. The van der Waals surface area contributed by atoms with Gasteiger partial charge in [-0.15, -0.1) is 0 Å². The fourth-order valence-electron chi connectivity index (χ4n) is 3.10. The van der Waals surface area contributed by atoms with Crippen LogP contribution in [-0.4, -0.2) is 29.1 Å². The molecule has 0 radical (unpaired) electrons. The van der Waals surface area contributed by atoms with E-state index in [0.717, 1.165) is 5.75 Å². The average molecular weight is 327 g/mol. The van der Waals surface area contributed by atoms with Crippen LogP contribution in [-0.2, 0) is 0 Å². The van der Waals surface area contributed by atoms with Gasteiger partial charge >= 0.3 is 0 Å². The van der Waals surface area contributed by atoms with Crippen LogP contribution in [0.3, 0.4) is 0 Å². The Morgan fingerprint density at radius 2 is 2.05 bits per heavy atom. The summed E-state index contributed by atoms with van der Waals surface area (Å²) in [5.41, 5.74) is 6.76. The molecule has 5 heteroatoms. The molecule has 1 heterocycles. The van der Waals surface area contributed by atoms with E-state index in [1.807, 2.05) is 11.8 Å². The number of hydrazine groups is 1. The molecule has 3 unspecified atom stereocenters. The molecule has 1 aromatic carbocycles. The highest BCUT2D eigenvalue weighted by Crippen LogP contribution is 2.43. The second-order valence-electron chi connectivity index (χ2n) is 5.49. The first kappa shape index (κ1) is 17.0. The third kappa shape index (κ3) is 3.70. The highest BCUT2D eigenvalue weighted by molar-refractivity contribution is 8.07. The van der Waals surface area contributed by atoms with Crippen molar-refractivity contribution in [3.63, 3.8) is 0 Å². The molecule has 3 nitrogen and oxygen atoms in total. The number of ether oxygens (including phenoxy) is 1. The summed E-state index contributed by atoms with van der Waals surface area (Å²) in [6, 6.07) is 4.45. The molecule has 118 valence electrons. The largest absolute Gasteiger partial charge is 0.496 e. The van der Waals surface area contributed by atoms with Gasteiger partial charge in [0.1, 0.15) is 5.75 Å². The second kappa shape index (κ2) is 7.77. The minimum absolute atomic E-state index is 0.128. The van der Waals surface area contributed by atoms with Crippen LogP contribution in [0, 0.1) is 13.8 Å².